The van der Waals surface area contributed by atoms with Gasteiger partial charge in [0.2, 0.25) is 15.9 Å². The van der Waals surface area contributed by atoms with E-state index in [-0.39, 0.29) is 30.0 Å². The van der Waals surface area contributed by atoms with Gasteiger partial charge in [-0.2, -0.15) is 18.4 Å². The van der Waals surface area contributed by atoms with Crippen LogP contribution in [0.3, 0.4) is 0 Å². The Hall–Kier alpha value is -2.32. The number of rotatable bonds is 6. The summed E-state index contributed by atoms with van der Waals surface area (Å²) in [4.78, 5) is 14.4. The van der Waals surface area contributed by atoms with E-state index in [0.29, 0.717) is 44.6 Å². The zero-order valence-corrected chi connectivity index (χ0v) is 19.5. The number of nitriles is 1. The molecule has 182 valence electrons. The molecule has 0 spiro atoms. The quantitative estimate of drug-likeness (QED) is 0.668. The number of nitrogens with zero attached hydrogens (tertiary/aromatic N) is 3. The summed E-state index contributed by atoms with van der Waals surface area (Å²) < 4.78 is 66.5. The second kappa shape index (κ2) is 9.89. The minimum Gasteiger partial charge on any atom is -0.370 e. The van der Waals surface area contributed by atoms with Gasteiger partial charge >= 0.3 is 6.18 Å². The molecule has 1 amide bonds. The van der Waals surface area contributed by atoms with Crippen molar-refractivity contribution < 1.29 is 26.4 Å². The average molecular weight is 487 g/mol. The lowest BCUT2D eigenvalue weighted by atomic mass is 9.78. The molecular formula is C22H29F3N4O3S. The molecule has 2 fully saturated rings. The summed E-state index contributed by atoms with van der Waals surface area (Å²) in [5.41, 5.74) is -1.11. The molecule has 1 aromatic rings. The summed E-state index contributed by atoms with van der Waals surface area (Å²) in [6.07, 6.45) is -2.90. The monoisotopic (exact) mass is 486 g/mol. The first kappa shape index (κ1) is 25.3. The van der Waals surface area contributed by atoms with Gasteiger partial charge < -0.3 is 10.2 Å². The Morgan fingerprint density at radius 3 is 2.45 bits per heavy atom. The average Bonchev–Trinajstić information content (AvgIpc) is 3.23. The Morgan fingerprint density at radius 1 is 1.24 bits per heavy atom. The van der Waals surface area contributed by atoms with E-state index in [1.54, 1.807) is 11.0 Å². The Kier molecular flexibility index (Phi) is 7.59. The predicted molar refractivity (Wildman–Crippen MR) is 118 cm³/mol. The van der Waals surface area contributed by atoms with Crippen molar-refractivity contribution in [3.63, 3.8) is 0 Å². The molecule has 2 heterocycles. The molecule has 2 saturated heterocycles. The SMILES string of the molecule is CCCS(=O)(=O)N1CCC([C@@H]2CN(c3ccc(C#N)c(C(F)(F)F)c3)C[C@H]2C(=O)NC)CC1. The zero-order valence-electron chi connectivity index (χ0n) is 18.7. The molecule has 33 heavy (non-hydrogen) atoms. The van der Waals surface area contributed by atoms with E-state index < -0.39 is 33.2 Å². The van der Waals surface area contributed by atoms with Gasteiger partial charge in [-0.1, -0.05) is 6.92 Å². The van der Waals surface area contributed by atoms with Crippen molar-refractivity contribution in [1.82, 2.24) is 9.62 Å². The number of halogens is 3. The summed E-state index contributed by atoms with van der Waals surface area (Å²) in [6.45, 7) is 3.26. The number of hydrogen-bond acceptors (Lipinski definition) is 5. The van der Waals surface area contributed by atoms with E-state index >= 15 is 0 Å². The second-order valence-corrected chi connectivity index (χ2v) is 10.8. The van der Waals surface area contributed by atoms with Crippen molar-refractivity contribution in [3.05, 3.63) is 29.3 Å². The van der Waals surface area contributed by atoms with E-state index in [2.05, 4.69) is 5.32 Å². The number of carbonyl (C=O) groups is 1. The highest BCUT2D eigenvalue weighted by Crippen LogP contribution is 2.40. The number of nitrogens with one attached hydrogen (secondary N) is 1. The predicted octanol–water partition coefficient (Wildman–Crippen LogP) is 2.83. The van der Waals surface area contributed by atoms with Crippen LogP contribution >= 0.6 is 0 Å². The summed E-state index contributed by atoms with van der Waals surface area (Å²) in [6, 6.07) is 5.21. The van der Waals surface area contributed by atoms with Crippen molar-refractivity contribution in [1.29, 1.82) is 5.26 Å². The molecule has 0 bridgehead atoms. The number of amides is 1. The molecule has 2 aliphatic heterocycles. The Balaban J connectivity index is 1.81. The maximum Gasteiger partial charge on any atom is 0.417 e. The minimum atomic E-state index is -4.66. The molecule has 0 aliphatic carbocycles. The van der Waals surface area contributed by atoms with Crippen LogP contribution in [0, 0.1) is 29.1 Å². The van der Waals surface area contributed by atoms with Crippen LogP contribution in [-0.4, -0.2) is 57.6 Å². The lowest BCUT2D eigenvalue weighted by Gasteiger charge is -2.35. The maximum atomic E-state index is 13.4. The lowest BCUT2D eigenvalue weighted by molar-refractivity contribution is -0.137. The van der Waals surface area contributed by atoms with Crippen molar-refractivity contribution in [2.75, 3.05) is 43.9 Å². The number of carbonyl (C=O) groups excluding carboxylic acids is 1. The highest BCUT2D eigenvalue weighted by atomic mass is 32.2. The number of alkyl halides is 3. The third-order valence-electron chi connectivity index (χ3n) is 6.70. The standard InChI is InChI=1S/C22H29F3N4O3S/c1-3-10-33(31,32)29-8-6-15(7-9-29)18-13-28(14-19(18)21(30)27-2)17-5-4-16(12-26)20(11-17)22(23,24)25/h4-5,11,15,18-19H,3,6-10,13-14H2,1-2H3,(H,27,30)/t18-,19+/m0/s1. The van der Waals surface area contributed by atoms with Gasteiger partial charge in [0.25, 0.3) is 0 Å². The molecule has 3 rings (SSSR count). The first-order valence-electron chi connectivity index (χ1n) is 11.1. The third-order valence-corrected chi connectivity index (χ3v) is 8.78. The number of benzene rings is 1. The molecular weight excluding hydrogens is 457 g/mol. The molecule has 0 saturated carbocycles. The molecule has 0 radical (unpaired) electrons. The van der Waals surface area contributed by atoms with Gasteiger partial charge in [0.05, 0.1) is 28.9 Å². The van der Waals surface area contributed by atoms with Gasteiger partial charge in [-0.15, -0.1) is 0 Å². The Bertz CT molecular complexity index is 1010. The van der Waals surface area contributed by atoms with E-state index in [0.717, 1.165) is 12.1 Å². The minimum absolute atomic E-state index is 0.0887. The Morgan fingerprint density at radius 2 is 1.91 bits per heavy atom. The number of hydrogen-bond donors (Lipinski definition) is 1. The number of piperidine rings is 1. The summed E-state index contributed by atoms with van der Waals surface area (Å²) in [5.74, 6) is -0.496. The van der Waals surface area contributed by atoms with Gasteiger partial charge in [-0.05, 0) is 49.3 Å². The van der Waals surface area contributed by atoms with Crippen LogP contribution < -0.4 is 10.2 Å². The van der Waals surface area contributed by atoms with Crippen LogP contribution in [0.25, 0.3) is 0 Å². The van der Waals surface area contributed by atoms with Crippen LogP contribution in [0.2, 0.25) is 0 Å². The lowest BCUT2D eigenvalue weighted by Crippen LogP contribution is -2.43. The van der Waals surface area contributed by atoms with E-state index in [4.69, 9.17) is 5.26 Å². The molecule has 2 atom stereocenters. The summed E-state index contributed by atoms with van der Waals surface area (Å²) in [5, 5.41) is 11.7. The summed E-state index contributed by atoms with van der Waals surface area (Å²) >= 11 is 0. The third kappa shape index (κ3) is 5.44. The van der Waals surface area contributed by atoms with E-state index in [1.165, 1.54) is 17.4 Å². The van der Waals surface area contributed by atoms with Crippen molar-refractivity contribution >= 4 is 21.6 Å². The topological polar surface area (TPSA) is 93.5 Å². The normalized spacial score (nSPS) is 22.8. The largest absolute Gasteiger partial charge is 0.417 e. The fourth-order valence-electron chi connectivity index (χ4n) is 5.01. The van der Waals surface area contributed by atoms with Crippen LogP contribution in [-0.2, 0) is 21.0 Å². The molecule has 0 unspecified atom stereocenters. The first-order valence-corrected chi connectivity index (χ1v) is 12.7. The van der Waals surface area contributed by atoms with Gasteiger partial charge in [0.15, 0.2) is 0 Å². The Labute approximate surface area is 192 Å². The number of anilines is 1. The molecule has 7 nitrogen and oxygen atoms in total. The first-order chi connectivity index (χ1) is 15.5. The molecule has 2 aliphatic rings. The van der Waals surface area contributed by atoms with Gasteiger partial charge in [-0.3, -0.25) is 4.79 Å². The van der Waals surface area contributed by atoms with Crippen LogP contribution in [0.4, 0.5) is 18.9 Å². The zero-order chi connectivity index (χ0) is 24.4. The molecule has 11 heteroatoms. The number of sulfonamides is 1. The summed E-state index contributed by atoms with van der Waals surface area (Å²) in [7, 11) is -1.75. The second-order valence-electron chi connectivity index (χ2n) is 8.68. The van der Waals surface area contributed by atoms with Gasteiger partial charge in [0, 0.05) is 38.9 Å². The van der Waals surface area contributed by atoms with Gasteiger partial charge in [-0.25, -0.2) is 12.7 Å². The molecule has 1 aromatic carbocycles. The van der Waals surface area contributed by atoms with Crippen LogP contribution in [0.5, 0.6) is 0 Å². The van der Waals surface area contributed by atoms with Crippen molar-refractivity contribution in [2.24, 2.45) is 17.8 Å². The maximum absolute atomic E-state index is 13.4. The highest BCUT2D eigenvalue weighted by molar-refractivity contribution is 7.89. The van der Waals surface area contributed by atoms with Crippen LogP contribution in [0.15, 0.2) is 18.2 Å². The molecule has 1 N–H and O–H groups in total. The van der Waals surface area contributed by atoms with E-state index in [1.807, 2.05) is 6.92 Å². The van der Waals surface area contributed by atoms with E-state index in [9.17, 15) is 26.4 Å². The van der Waals surface area contributed by atoms with Crippen LogP contribution in [0.1, 0.15) is 37.3 Å². The fourth-order valence-corrected chi connectivity index (χ4v) is 6.55. The van der Waals surface area contributed by atoms with Gasteiger partial charge in [0.1, 0.15) is 0 Å². The van der Waals surface area contributed by atoms with Crippen molar-refractivity contribution in [3.8, 4) is 6.07 Å². The highest BCUT2D eigenvalue weighted by Gasteiger charge is 2.44. The van der Waals surface area contributed by atoms with Crippen molar-refractivity contribution in [2.45, 2.75) is 32.4 Å². The fraction of sp³-hybridized carbons (Fsp3) is 0.636. The smallest absolute Gasteiger partial charge is 0.370 e. The molecule has 0 aromatic heterocycles.